The molecule has 1 atom stereocenters. The number of halogens is 1. The molecule has 2 amide bonds. The zero-order chi connectivity index (χ0) is 21.5. The van der Waals surface area contributed by atoms with E-state index in [4.69, 9.17) is 5.10 Å². The molecule has 31 heavy (non-hydrogen) atoms. The van der Waals surface area contributed by atoms with E-state index in [1.165, 1.54) is 12.1 Å². The number of carbonyl (C=O) groups excluding carboxylic acids is 2. The summed E-state index contributed by atoms with van der Waals surface area (Å²) in [7, 11) is 0. The van der Waals surface area contributed by atoms with Crippen molar-refractivity contribution < 1.29 is 14.0 Å². The number of rotatable bonds is 4. The van der Waals surface area contributed by atoms with Gasteiger partial charge in [-0.3, -0.25) is 9.59 Å². The number of hydrogen-bond acceptors (Lipinski definition) is 4. The summed E-state index contributed by atoms with van der Waals surface area (Å²) in [6, 6.07) is 13.7. The summed E-state index contributed by atoms with van der Waals surface area (Å²) < 4.78 is 15.0. The summed E-state index contributed by atoms with van der Waals surface area (Å²) in [6.45, 7) is 2.28. The number of fused-ring (bicyclic) bond motifs is 1. The first kappa shape index (κ1) is 19.8. The van der Waals surface area contributed by atoms with Gasteiger partial charge < -0.3 is 10.2 Å². The number of nitrogens with zero attached hydrogens (tertiary/aromatic N) is 3. The van der Waals surface area contributed by atoms with Crippen LogP contribution in [-0.2, 0) is 21.1 Å². The number of thioether (sulfide) groups is 1. The normalized spacial score (nSPS) is 17.8. The Morgan fingerprint density at radius 1 is 1.16 bits per heavy atom. The van der Waals surface area contributed by atoms with Crippen molar-refractivity contribution in [3.05, 3.63) is 71.2 Å². The number of nitrogens with one attached hydrogen (secondary N) is 1. The molecule has 3 heterocycles. The summed E-state index contributed by atoms with van der Waals surface area (Å²) in [4.78, 5) is 27.2. The minimum Gasteiger partial charge on any atom is -0.312 e. The highest BCUT2D eigenvalue weighted by molar-refractivity contribution is 7.98. The zero-order valence-corrected chi connectivity index (χ0v) is 17.8. The van der Waals surface area contributed by atoms with E-state index in [-0.39, 0.29) is 30.6 Å². The Morgan fingerprint density at radius 2 is 1.94 bits per heavy atom. The Bertz CT molecular complexity index is 1170. The van der Waals surface area contributed by atoms with Gasteiger partial charge >= 0.3 is 0 Å². The molecule has 0 saturated carbocycles. The Kier molecular flexibility index (Phi) is 5.02. The molecule has 1 saturated heterocycles. The van der Waals surface area contributed by atoms with Crippen LogP contribution in [0, 0.1) is 18.7 Å². The molecule has 2 aliphatic heterocycles. The summed E-state index contributed by atoms with van der Waals surface area (Å²) in [5.41, 5.74) is 4.61. The topological polar surface area (TPSA) is 67.2 Å². The second-order valence-electron chi connectivity index (χ2n) is 7.84. The lowest BCUT2D eigenvalue weighted by Crippen LogP contribution is -2.29. The lowest BCUT2D eigenvalue weighted by molar-refractivity contribution is -0.122. The van der Waals surface area contributed by atoms with Gasteiger partial charge in [-0.25, -0.2) is 9.07 Å². The molecule has 6 nitrogen and oxygen atoms in total. The molecule has 0 bridgehead atoms. The van der Waals surface area contributed by atoms with Gasteiger partial charge in [0.2, 0.25) is 11.8 Å². The van der Waals surface area contributed by atoms with Crippen molar-refractivity contribution in [2.45, 2.75) is 24.9 Å². The predicted octanol–water partition coefficient (Wildman–Crippen LogP) is 4.06. The smallest absolute Gasteiger partial charge is 0.230 e. The molecule has 1 unspecified atom stereocenters. The van der Waals surface area contributed by atoms with E-state index in [2.05, 4.69) is 5.32 Å². The molecule has 5 rings (SSSR count). The predicted molar refractivity (Wildman–Crippen MR) is 119 cm³/mol. The molecule has 8 heteroatoms. The van der Waals surface area contributed by atoms with Gasteiger partial charge in [0.1, 0.15) is 11.6 Å². The number of hydrogen-bond donors (Lipinski definition) is 1. The van der Waals surface area contributed by atoms with Crippen LogP contribution in [0.2, 0.25) is 0 Å². The lowest BCUT2D eigenvalue weighted by atomic mass is 10.1. The molecule has 1 fully saturated rings. The number of benzene rings is 2. The maximum Gasteiger partial charge on any atom is 0.230 e. The quantitative estimate of drug-likeness (QED) is 0.670. The van der Waals surface area contributed by atoms with Crippen LogP contribution in [0.5, 0.6) is 0 Å². The number of amides is 2. The molecular formula is C23H21FN4O2S. The molecule has 1 N–H and O–H groups in total. The van der Waals surface area contributed by atoms with Crippen molar-refractivity contribution in [1.29, 1.82) is 0 Å². The van der Waals surface area contributed by atoms with Crippen LogP contribution in [0.4, 0.5) is 15.9 Å². The van der Waals surface area contributed by atoms with E-state index in [1.54, 1.807) is 28.8 Å². The van der Waals surface area contributed by atoms with E-state index in [0.29, 0.717) is 11.5 Å². The SMILES string of the molecule is Cc1ccccc1-n1nc2c(c1NC(=O)C1CC(=O)N(c3ccc(F)cc3)C1)CSC2. The van der Waals surface area contributed by atoms with E-state index >= 15 is 0 Å². The number of aromatic nitrogens is 2. The largest absolute Gasteiger partial charge is 0.312 e. The molecule has 3 aromatic rings. The molecular weight excluding hydrogens is 415 g/mol. The summed E-state index contributed by atoms with van der Waals surface area (Å²) in [6.07, 6.45) is 0.124. The fraction of sp³-hybridized carbons (Fsp3) is 0.261. The van der Waals surface area contributed by atoms with Crippen molar-refractivity contribution in [2.75, 3.05) is 16.8 Å². The van der Waals surface area contributed by atoms with Crippen LogP contribution in [0.25, 0.3) is 5.69 Å². The first-order valence-electron chi connectivity index (χ1n) is 10.1. The molecule has 0 aliphatic carbocycles. The summed E-state index contributed by atoms with van der Waals surface area (Å²) >= 11 is 1.77. The van der Waals surface area contributed by atoms with Crippen LogP contribution < -0.4 is 10.2 Å². The van der Waals surface area contributed by atoms with E-state index in [0.717, 1.165) is 34.0 Å². The van der Waals surface area contributed by atoms with Crippen LogP contribution in [0.1, 0.15) is 23.2 Å². The third-order valence-corrected chi connectivity index (χ3v) is 6.74. The van der Waals surface area contributed by atoms with Crippen LogP contribution >= 0.6 is 11.8 Å². The molecule has 1 aromatic heterocycles. The van der Waals surface area contributed by atoms with E-state index < -0.39 is 5.92 Å². The van der Waals surface area contributed by atoms with E-state index in [9.17, 15) is 14.0 Å². The van der Waals surface area contributed by atoms with Crippen molar-refractivity contribution in [3.8, 4) is 5.69 Å². The van der Waals surface area contributed by atoms with Gasteiger partial charge in [-0.2, -0.15) is 16.9 Å². The number of carbonyl (C=O) groups is 2. The Morgan fingerprint density at radius 3 is 2.71 bits per heavy atom. The summed E-state index contributed by atoms with van der Waals surface area (Å²) in [5, 5.41) is 7.82. The van der Waals surface area contributed by atoms with Crippen molar-refractivity contribution >= 4 is 35.1 Å². The average Bonchev–Trinajstić information content (AvgIpc) is 3.45. The molecule has 158 valence electrons. The molecule has 2 aromatic carbocycles. The maximum atomic E-state index is 13.2. The maximum absolute atomic E-state index is 13.2. The fourth-order valence-corrected chi connectivity index (χ4v) is 5.12. The highest BCUT2D eigenvalue weighted by Gasteiger charge is 2.36. The molecule has 2 aliphatic rings. The third kappa shape index (κ3) is 3.61. The fourth-order valence-electron chi connectivity index (χ4n) is 4.09. The average molecular weight is 437 g/mol. The standard InChI is InChI=1S/C23H21FN4O2S/c1-14-4-2-3-5-20(14)28-22(18-12-31-13-19(18)26-28)25-23(30)15-10-21(29)27(11-15)17-8-6-16(24)7-9-17/h2-9,15H,10-13H2,1H3,(H,25,30). The second kappa shape index (κ2) is 7.85. The highest BCUT2D eigenvalue weighted by Crippen LogP contribution is 2.37. The minimum atomic E-state index is -0.484. The first-order chi connectivity index (χ1) is 15.0. The van der Waals surface area contributed by atoms with Gasteiger partial charge in [-0.05, 0) is 42.8 Å². The molecule has 0 radical (unpaired) electrons. The number of para-hydroxylation sites is 1. The van der Waals surface area contributed by atoms with Gasteiger partial charge in [0.05, 0.1) is 17.3 Å². The van der Waals surface area contributed by atoms with Crippen LogP contribution in [0.15, 0.2) is 48.5 Å². The van der Waals surface area contributed by atoms with Crippen molar-refractivity contribution in [3.63, 3.8) is 0 Å². The van der Waals surface area contributed by atoms with Gasteiger partial charge in [0.15, 0.2) is 0 Å². The van der Waals surface area contributed by atoms with Gasteiger partial charge in [0.25, 0.3) is 0 Å². The Labute approximate surface area is 183 Å². The van der Waals surface area contributed by atoms with Gasteiger partial charge in [0, 0.05) is 35.7 Å². The van der Waals surface area contributed by atoms with Gasteiger partial charge in [-0.1, -0.05) is 18.2 Å². The molecule has 0 spiro atoms. The van der Waals surface area contributed by atoms with Crippen molar-refractivity contribution in [2.24, 2.45) is 5.92 Å². The number of aryl methyl sites for hydroxylation is 1. The second-order valence-corrected chi connectivity index (χ2v) is 8.82. The van der Waals surface area contributed by atoms with Crippen LogP contribution in [0.3, 0.4) is 0 Å². The van der Waals surface area contributed by atoms with Crippen molar-refractivity contribution in [1.82, 2.24) is 9.78 Å². The van der Waals surface area contributed by atoms with Gasteiger partial charge in [-0.15, -0.1) is 0 Å². The minimum absolute atomic E-state index is 0.124. The lowest BCUT2D eigenvalue weighted by Gasteiger charge is -2.17. The zero-order valence-electron chi connectivity index (χ0n) is 17.0. The monoisotopic (exact) mass is 436 g/mol. The number of anilines is 2. The Balaban J connectivity index is 1.41. The van der Waals surface area contributed by atoms with E-state index in [1.807, 2.05) is 35.9 Å². The highest BCUT2D eigenvalue weighted by atomic mass is 32.2. The Hall–Kier alpha value is -3.13. The van der Waals surface area contributed by atoms with Crippen LogP contribution in [-0.4, -0.2) is 28.1 Å². The first-order valence-corrected chi connectivity index (χ1v) is 11.3. The summed E-state index contributed by atoms with van der Waals surface area (Å²) in [5.74, 6) is 1.11. The third-order valence-electron chi connectivity index (χ3n) is 5.77.